The molecule has 0 saturated heterocycles. The Hall–Kier alpha value is -1.49. The fourth-order valence-electron chi connectivity index (χ4n) is 1.37. The van der Waals surface area contributed by atoms with Gasteiger partial charge in [0, 0.05) is 6.92 Å². The number of hydrogen-bond donors (Lipinski definition) is 3. The molecular weight excluding hydrogens is 224 g/mol. The van der Waals surface area contributed by atoms with Gasteiger partial charge in [-0.15, -0.1) is 0 Å². The lowest BCUT2D eigenvalue weighted by Gasteiger charge is -2.21. The lowest BCUT2D eigenvalue weighted by molar-refractivity contribution is -0.126. The molecule has 0 spiro atoms. The van der Waals surface area contributed by atoms with Gasteiger partial charge < -0.3 is 11.1 Å². The van der Waals surface area contributed by atoms with Gasteiger partial charge in [-0.3, -0.25) is 9.59 Å². The number of benzene rings is 1. The lowest BCUT2D eigenvalue weighted by atomic mass is 10.0. The fraction of sp³-hybridized carbons (Fsp3) is 0.273. The van der Waals surface area contributed by atoms with Crippen LogP contribution < -0.4 is 11.1 Å². The van der Waals surface area contributed by atoms with Crippen molar-refractivity contribution in [1.29, 1.82) is 0 Å². The van der Waals surface area contributed by atoms with Crippen LogP contribution >= 0.6 is 12.6 Å². The van der Waals surface area contributed by atoms with Crippen LogP contribution in [0.25, 0.3) is 0 Å². The zero-order chi connectivity index (χ0) is 12.1. The molecule has 0 aliphatic rings. The van der Waals surface area contributed by atoms with Crippen LogP contribution in [-0.2, 0) is 9.59 Å². The molecule has 5 heteroatoms. The number of nitrogens with one attached hydrogen (secondary N) is 1. The molecule has 2 atom stereocenters. The minimum Gasteiger partial charge on any atom is -0.368 e. The predicted molar refractivity (Wildman–Crippen MR) is 65.0 cm³/mol. The average molecular weight is 238 g/mol. The van der Waals surface area contributed by atoms with Crippen molar-refractivity contribution in [2.75, 3.05) is 0 Å². The van der Waals surface area contributed by atoms with E-state index < -0.39 is 17.2 Å². The molecule has 3 N–H and O–H groups in total. The Morgan fingerprint density at radius 1 is 1.31 bits per heavy atom. The Labute approximate surface area is 99.6 Å². The Balaban J connectivity index is 2.87. The number of hydrogen-bond acceptors (Lipinski definition) is 3. The van der Waals surface area contributed by atoms with Gasteiger partial charge >= 0.3 is 0 Å². The maximum Gasteiger partial charge on any atom is 0.241 e. The Kier molecular flexibility index (Phi) is 4.37. The summed E-state index contributed by atoms with van der Waals surface area (Å²) in [5, 5.41) is 2.05. The molecule has 0 fully saturated rings. The molecule has 16 heavy (non-hydrogen) atoms. The molecule has 0 aliphatic carbocycles. The monoisotopic (exact) mass is 238 g/mol. The number of nitrogens with two attached hydrogens (primary N) is 1. The van der Waals surface area contributed by atoms with E-state index in [9.17, 15) is 9.59 Å². The van der Waals surface area contributed by atoms with Gasteiger partial charge in [-0.25, -0.2) is 0 Å². The number of carbonyl (C=O) groups is 2. The van der Waals surface area contributed by atoms with E-state index in [1.54, 1.807) is 0 Å². The third-order valence-corrected chi connectivity index (χ3v) is 2.72. The molecule has 0 saturated carbocycles. The molecule has 0 heterocycles. The highest BCUT2D eigenvalue weighted by molar-refractivity contribution is 7.80. The molecule has 2 unspecified atom stereocenters. The maximum absolute atomic E-state index is 11.2. The summed E-state index contributed by atoms with van der Waals surface area (Å²) < 4.78 is 0. The van der Waals surface area contributed by atoms with Crippen molar-refractivity contribution in [3.8, 4) is 0 Å². The molecule has 0 aliphatic heterocycles. The third-order valence-electron chi connectivity index (χ3n) is 2.12. The lowest BCUT2D eigenvalue weighted by Crippen LogP contribution is -2.46. The highest BCUT2D eigenvalue weighted by atomic mass is 32.1. The highest BCUT2D eigenvalue weighted by Crippen LogP contribution is 2.23. The van der Waals surface area contributed by atoms with Crippen molar-refractivity contribution in [3.63, 3.8) is 0 Å². The van der Waals surface area contributed by atoms with Gasteiger partial charge in [0.2, 0.25) is 11.8 Å². The van der Waals surface area contributed by atoms with Crippen LogP contribution in [0.4, 0.5) is 0 Å². The first kappa shape index (κ1) is 12.6. The van der Waals surface area contributed by atoms with Gasteiger partial charge in [0.05, 0.1) is 5.25 Å². The summed E-state index contributed by atoms with van der Waals surface area (Å²) in [4.78, 5) is 22.1. The minimum atomic E-state index is -0.803. The van der Waals surface area contributed by atoms with E-state index in [4.69, 9.17) is 5.73 Å². The SMILES string of the molecule is CC(=O)NC(C(N)=O)C(S)c1ccccc1. The number of rotatable bonds is 4. The van der Waals surface area contributed by atoms with Crippen LogP contribution in [0.1, 0.15) is 17.7 Å². The standard InChI is InChI=1S/C11H14N2O2S/c1-7(14)13-9(11(12)15)10(16)8-5-3-2-4-6-8/h2-6,9-10,16H,1H3,(H2,12,15)(H,13,14). The highest BCUT2D eigenvalue weighted by Gasteiger charge is 2.25. The number of primary amides is 1. The second kappa shape index (κ2) is 5.55. The van der Waals surface area contributed by atoms with Gasteiger partial charge in [-0.05, 0) is 5.56 Å². The van der Waals surface area contributed by atoms with Gasteiger partial charge in [-0.2, -0.15) is 12.6 Å². The first-order chi connectivity index (χ1) is 7.52. The summed E-state index contributed by atoms with van der Waals surface area (Å²) in [7, 11) is 0. The molecule has 0 aromatic heterocycles. The zero-order valence-corrected chi connectivity index (χ0v) is 9.78. The molecule has 1 aromatic carbocycles. The smallest absolute Gasteiger partial charge is 0.241 e. The Morgan fingerprint density at radius 2 is 1.88 bits per heavy atom. The van der Waals surface area contributed by atoms with Crippen LogP contribution in [0.15, 0.2) is 30.3 Å². The second-order valence-electron chi connectivity index (χ2n) is 3.44. The van der Waals surface area contributed by atoms with Gasteiger partial charge in [0.25, 0.3) is 0 Å². The van der Waals surface area contributed by atoms with Crippen LogP contribution in [0.5, 0.6) is 0 Å². The fourth-order valence-corrected chi connectivity index (χ4v) is 1.76. The van der Waals surface area contributed by atoms with Crippen molar-refractivity contribution >= 4 is 24.4 Å². The van der Waals surface area contributed by atoms with Crippen LogP contribution in [0.3, 0.4) is 0 Å². The molecule has 1 aromatic rings. The Morgan fingerprint density at radius 3 is 2.31 bits per heavy atom. The topological polar surface area (TPSA) is 72.2 Å². The molecule has 4 nitrogen and oxygen atoms in total. The average Bonchev–Trinajstić information content (AvgIpc) is 2.25. The number of amides is 2. The van der Waals surface area contributed by atoms with Crippen molar-refractivity contribution in [1.82, 2.24) is 5.32 Å². The third kappa shape index (κ3) is 3.27. The summed E-state index contributed by atoms with van der Waals surface area (Å²) >= 11 is 4.31. The molecule has 2 amide bonds. The quantitative estimate of drug-likeness (QED) is 0.674. The van der Waals surface area contributed by atoms with Crippen molar-refractivity contribution < 1.29 is 9.59 Å². The second-order valence-corrected chi connectivity index (χ2v) is 3.99. The van der Waals surface area contributed by atoms with E-state index in [0.29, 0.717) is 0 Å². The predicted octanol–water partition coefficient (Wildman–Crippen LogP) is 0.647. The van der Waals surface area contributed by atoms with Crippen molar-refractivity contribution in [3.05, 3.63) is 35.9 Å². The van der Waals surface area contributed by atoms with E-state index in [0.717, 1.165) is 5.56 Å². The Bertz CT molecular complexity index is 381. The number of thiol groups is 1. The van der Waals surface area contributed by atoms with Gasteiger partial charge in [0.15, 0.2) is 0 Å². The summed E-state index contributed by atoms with van der Waals surface area (Å²) in [5.41, 5.74) is 6.06. The van der Waals surface area contributed by atoms with E-state index >= 15 is 0 Å². The van der Waals surface area contributed by atoms with Crippen molar-refractivity contribution in [2.24, 2.45) is 5.73 Å². The van der Waals surface area contributed by atoms with Gasteiger partial charge in [-0.1, -0.05) is 30.3 Å². The molecule has 0 radical (unpaired) electrons. The van der Waals surface area contributed by atoms with E-state index in [2.05, 4.69) is 17.9 Å². The zero-order valence-electron chi connectivity index (χ0n) is 8.88. The first-order valence-electron chi connectivity index (χ1n) is 4.82. The van der Waals surface area contributed by atoms with E-state index in [-0.39, 0.29) is 5.91 Å². The molecule has 86 valence electrons. The maximum atomic E-state index is 11.2. The molecule has 1 rings (SSSR count). The summed E-state index contributed by atoms with van der Waals surface area (Å²) in [5.74, 6) is -0.905. The van der Waals surface area contributed by atoms with Crippen LogP contribution in [0, 0.1) is 0 Å². The number of carbonyl (C=O) groups excluding carboxylic acids is 2. The van der Waals surface area contributed by atoms with Crippen LogP contribution in [0.2, 0.25) is 0 Å². The molecular formula is C11H14N2O2S. The largest absolute Gasteiger partial charge is 0.368 e. The van der Waals surface area contributed by atoms with Crippen LogP contribution in [-0.4, -0.2) is 17.9 Å². The van der Waals surface area contributed by atoms with E-state index in [1.165, 1.54) is 6.92 Å². The normalized spacial score (nSPS) is 13.9. The first-order valence-corrected chi connectivity index (χ1v) is 5.33. The summed E-state index contributed by atoms with van der Waals surface area (Å²) in [6.45, 7) is 1.33. The van der Waals surface area contributed by atoms with E-state index in [1.807, 2.05) is 30.3 Å². The molecule has 0 bridgehead atoms. The van der Waals surface area contributed by atoms with Gasteiger partial charge in [0.1, 0.15) is 6.04 Å². The summed E-state index contributed by atoms with van der Waals surface area (Å²) in [6.07, 6.45) is 0. The minimum absolute atomic E-state index is 0.307. The van der Waals surface area contributed by atoms with Crippen molar-refractivity contribution in [2.45, 2.75) is 18.2 Å². The summed E-state index contributed by atoms with van der Waals surface area (Å²) in [6, 6.07) is 8.39.